The van der Waals surface area contributed by atoms with Gasteiger partial charge in [0.25, 0.3) is 10.2 Å². The largest absolute Gasteiger partial charge is 0.390 e. The zero-order valence-corrected chi connectivity index (χ0v) is 18.1. The van der Waals surface area contributed by atoms with E-state index in [1.807, 2.05) is 22.9 Å². The molecule has 0 aliphatic heterocycles. The zero-order valence-electron chi connectivity index (χ0n) is 17.3. The third-order valence-corrected chi connectivity index (χ3v) is 7.20. The molecule has 1 fully saturated rings. The van der Waals surface area contributed by atoms with Crippen LogP contribution < -0.4 is 15.2 Å². The Balaban J connectivity index is 1.40. The van der Waals surface area contributed by atoms with E-state index >= 15 is 0 Å². The van der Waals surface area contributed by atoms with Gasteiger partial charge in [0.1, 0.15) is 23.9 Å². The van der Waals surface area contributed by atoms with Crippen molar-refractivity contribution in [2.24, 2.45) is 11.1 Å². The van der Waals surface area contributed by atoms with Crippen LogP contribution in [0.5, 0.6) is 0 Å². The van der Waals surface area contributed by atoms with Crippen LogP contribution in [0.25, 0.3) is 11.0 Å². The summed E-state index contributed by atoms with van der Waals surface area (Å²) in [5.41, 5.74) is 3.26. The summed E-state index contributed by atoms with van der Waals surface area (Å²) < 4.78 is 26.5. The molecule has 11 heteroatoms. The van der Waals surface area contributed by atoms with Gasteiger partial charge in [0.15, 0.2) is 0 Å². The summed E-state index contributed by atoms with van der Waals surface area (Å²) in [6.07, 6.45) is 3.54. The SMILES string of the molecule is NS(=O)(=O)NC[C@@H]1C[C@@H](n2ccc3c(N[C@H]4CCc5ccccc54)ncnc32)[C@H](O)[C@@H]1O. The van der Waals surface area contributed by atoms with Gasteiger partial charge in [-0.3, -0.25) is 0 Å². The van der Waals surface area contributed by atoms with Crippen LogP contribution in [0.4, 0.5) is 5.82 Å². The third-order valence-electron chi connectivity index (χ3n) is 6.63. The van der Waals surface area contributed by atoms with Crippen molar-refractivity contribution in [1.29, 1.82) is 0 Å². The molecule has 6 N–H and O–H groups in total. The van der Waals surface area contributed by atoms with Crippen molar-refractivity contribution in [1.82, 2.24) is 19.3 Å². The number of hydrogen-bond donors (Lipinski definition) is 5. The molecule has 0 amide bonds. The molecule has 5 atom stereocenters. The van der Waals surface area contributed by atoms with E-state index in [4.69, 9.17) is 5.14 Å². The van der Waals surface area contributed by atoms with Gasteiger partial charge in [0.2, 0.25) is 0 Å². The summed E-state index contributed by atoms with van der Waals surface area (Å²) >= 11 is 0. The normalized spacial score (nSPS) is 27.7. The van der Waals surface area contributed by atoms with Crippen LogP contribution >= 0.6 is 0 Å². The molecule has 3 aromatic rings. The van der Waals surface area contributed by atoms with Gasteiger partial charge in [-0.2, -0.15) is 8.42 Å². The second-order valence-electron chi connectivity index (χ2n) is 8.55. The van der Waals surface area contributed by atoms with E-state index in [9.17, 15) is 18.6 Å². The van der Waals surface area contributed by atoms with Gasteiger partial charge in [-0.25, -0.2) is 19.8 Å². The Labute approximate surface area is 185 Å². The summed E-state index contributed by atoms with van der Waals surface area (Å²) in [7, 11) is -3.88. The van der Waals surface area contributed by atoms with E-state index in [1.165, 1.54) is 17.5 Å². The molecule has 2 aliphatic rings. The molecule has 5 rings (SSSR count). The number of hydrogen-bond acceptors (Lipinski definition) is 7. The Hall–Kier alpha value is -2.57. The minimum atomic E-state index is -3.88. The van der Waals surface area contributed by atoms with Gasteiger partial charge >= 0.3 is 0 Å². The van der Waals surface area contributed by atoms with Gasteiger partial charge in [-0.1, -0.05) is 24.3 Å². The van der Waals surface area contributed by atoms with Crippen molar-refractivity contribution in [2.45, 2.75) is 43.6 Å². The number of nitrogens with one attached hydrogen (secondary N) is 2. The fourth-order valence-electron chi connectivity index (χ4n) is 5.03. The van der Waals surface area contributed by atoms with Crippen LogP contribution in [-0.4, -0.2) is 51.9 Å². The van der Waals surface area contributed by atoms with E-state index in [0.717, 1.165) is 24.0 Å². The summed E-state index contributed by atoms with van der Waals surface area (Å²) in [5.74, 6) is 0.246. The van der Waals surface area contributed by atoms with Gasteiger partial charge in [0.05, 0.1) is 23.6 Å². The Bertz CT molecular complexity index is 1250. The predicted molar refractivity (Wildman–Crippen MR) is 119 cm³/mol. The molecule has 2 aromatic heterocycles. The monoisotopic (exact) mass is 458 g/mol. The van der Waals surface area contributed by atoms with Crippen molar-refractivity contribution in [2.75, 3.05) is 11.9 Å². The van der Waals surface area contributed by atoms with Crippen molar-refractivity contribution in [3.63, 3.8) is 0 Å². The molecule has 0 spiro atoms. The summed E-state index contributed by atoms with van der Waals surface area (Å²) in [6, 6.07) is 9.99. The van der Waals surface area contributed by atoms with Gasteiger partial charge in [-0.05, 0) is 36.5 Å². The third kappa shape index (κ3) is 3.86. The van der Waals surface area contributed by atoms with Crippen LogP contribution in [0.15, 0.2) is 42.9 Å². The Kier molecular flexibility index (Phi) is 5.38. The van der Waals surface area contributed by atoms with E-state index in [2.05, 4.69) is 38.2 Å². The van der Waals surface area contributed by atoms with Gasteiger partial charge in [0, 0.05) is 18.7 Å². The highest BCUT2D eigenvalue weighted by molar-refractivity contribution is 7.87. The average molecular weight is 459 g/mol. The molecule has 1 aromatic carbocycles. The van der Waals surface area contributed by atoms with Crippen LogP contribution in [0.2, 0.25) is 0 Å². The lowest BCUT2D eigenvalue weighted by molar-refractivity contribution is 0.00769. The lowest BCUT2D eigenvalue weighted by Crippen LogP contribution is -2.38. The summed E-state index contributed by atoms with van der Waals surface area (Å²) in [6.45, 7) is -0.0460. The predicted octanol–water partition coefficient (Wildman–Crippen LogP) is 0.607. The number of fused-ring (bicyclic) bond motifs is 2. The van der Waals surface area contributed by atoms with Crippen LogP contribution in [-0.2, 0) is 16.6 Å². The highest BCUT2D eigenvalue weighted by Gasteiger charge is 2.43. The summed E-state index contributed by atoms with van der Waals surface area (Å²) in [4.78, 5) is 8.87. The number of nitrogens with two attached hydrogens (primary N) is 1. The first-order valence-corrected chi connectivity index (χ1v) is 12.2. The van der Waals surface area contributed by atoms with Crippen molar-refractivity contribution < 1.29 is 18.6 Å². The molecule has 0 saturated heterocycles. The van der Waals surface area contributed by atoms with Gasteiger partial charge < -0.3 is 20.1 Å². The molecular weight excluding hydrogens is 432 g/mol. The quantitative estimate of drug-likeness (QED) is 0.362. The maximum Gasteiger partial charge on any atom is 0.274 e. The van der Waals surface area contributed by atoms with Gasteiger partial charge in [-0.15, -0.1) is 0 Å². The molecule has 0 radical (unpaired) electrons. The molecule has 10 nitrogen and oxygen atoms in total. The van der Waals surface area contributed by atoms with Crippen molar-refractivity contribution in [3.8, 4) is 0 Å². The second kappa shape index (κ2) is 8.09. The van der Waals surface area contributed by atoms with Crippen molar-refractivity contribution in [3.05, 3.63) is 54.0 Å². The van der Waals surface area contributed by atoms with Crippen LogP contribution in [0, 0.1) is 5.92 Å². The van der Waals surface area contributed by atoms with E-state index in [0.29, 0.717) is 12.1 Å². The Morgan fingerprint density at radius 3 is 2.78 bits per heavy atom. The zero-order chi connectivity index (χ0) is 22.5. The first-order valence-electron chi connectivity index (χ1n) is 10.6. The minimum absolute atomic E-state index is 0.0460. The Morgan fingerprint density at radius 1 is 1.16 bits per heavy atom. The fourth-order valence-corrected chi connectivity index (χ4v) is 5.47. The summed E-state index contributed by atoms with van der Waals surface area (Å²) in [5, 5.41) is 30.5. The number of anilines is 1. The maximum absolute atomic E-state index is 11.2. The first-order chi connectivity index (χ1) is 15.3. The maximum atomic E-state index is 11.2. The smallest absolute Gasteiger partial charge is 0.274 e. The fraction of sp³-hybridized carbons (Fsp3) is 0.429. The van der Waals surface area contributed by atoms with Crippen LogP contribution in [0.3, 0.4) is 0 Å². The number of aliphatic hydroxyl groups excluding tert-OH is 2. The number of aryl methyl sites for hydroxylation is 1. The number of nitrogens with zero attached hydrogens (tertiary/aromatic N) is 3. The number of benzene rings is 1. The molecule has 2 aliphatic carbocycles. The minimum Gasteiger partial charge on any atom is -0.390 e. The first kappa shape index (κ1) is 21.3. The highest BCUT2D eigenvalue weighted by Crippen LogP contribution is 2.39. The number of rotatable bonds is 6. The molecule has 2 heterocycles. The molecule has 1 saturated carbocycles. The average Bonchev–Trinajstić information content (AvgIpc) is 3.44. The van der Waals surface area contributed by atoms with E-state index in [1.54, 1.807) is 0 Å². The van der Waals surface area contributed by atoms with Crippen molar-refractivity contribution >= 4 is 27.1 Å². The lowest BCUT2D eigenvalue weighted by atomic mass is 10.1. The lowest BCUT2D eigenvalue weighted by Gasteiger charge is -2.19. The molecule has 32 heavy (non-hydrogen) atoms. The molecular formula is C21H26N6O4S. The molecule has 170 valence electrons. The highest BCUT2D eigenvalue weighted by atomic mass is 32.2. The molecule has 0 bridgehead atoms. The molecule has 0 unspecified atom stereocenters. The Morgan fingerprint density at radius 2 is 1.97 bits per heavy atom. The van der Waals surface area contributed by atoms with Crippen LogP contribution in [0.1, 0.15) is 36.1 Å². The van der Waals surface area contributed by atoms with E-state index < -0.39 is 34.4 Å². The second-order valence-corrected chi connectivity index (χ2v) is 9.93. The number of aromatic nitrogens is 3. The number of aliphatic hydroxyl groups is 2. The van der Waals surface area contributed by atoms with E-state index in [-0.39, 0.29) is 12.6 Å². The standard InChI is InChI=1S/C21H26N6O4S/c22-32(30,31)25-10-13-9-17(19(29)18(13)28)27-8-7-15-20(23-11-24-21(15)27)26-16-6-5-12-3-1-2-4-14(12)16/h1-4,7-8,11,13,16-19,25,28-29H,5-6,9-10H2,(H2,22,30,31)(H,23,24,26)/t13-,16-,17+,18+,19-/m0/s1. The topological polar surface area (TPSA) is 155 Å².